The van der Waals surface area contributed by atoms with Gasteiger partial charge in [-0.1, -0.05) is 35.3 Å². The summed E-state index contributed by atoms with van der Waals surface area (Å²) in [6.07, 6.45) is 0.401. The van der Waals surface area contributed by atoms with Crippen LogP contribution in [0.25, 0.3) is 10.9 Å². The van der Waals surface area contributed by atoms with Crippen molar-refractivity contribution in [3.05, 3.63) is 60.7 Å². The topological polar surface area (TPSA) is 87.7 Å². The molecule has 0 saturated carbocycles. The van der Waals surface area contributed by atoms with E-state index in [-0.39, 0.29) is 18.0 Å². The first-order chi connectivity index (χ1) is 14.4. The average Bonchev–Trinajstić information content (AvgIpc) is 3.36. The van der Waals surface area contributed by atoms with E-state index in [1.807, 2.05) is 13.0 Å². The van der Waals surface area contributed by atoms with Gasteiger partial charge in [-0.15, -0.1) is 11.3 Å². The van der Waals surface area contributed by atoms with Gasteiger partial charge in [-0.3, -0.25) is 9.59 Å². The fourth-order valence-electron chi connectivity index (χ4n) is 3.28. The molecular weight excluding hydrogens is 447 g/mol. The highest BCUT2D eigenvalue weighted by Gasteiger charge is 2.33. The van der Waals surface area contributed by atoms with Crippen molar-refractivity contribution in [1.82, 2.24) is 14.9 Å². The molecule has 1 aliphatic rings. The van der Waals surface area contributed by atoms with E-state index >= 15 is 0 Å². The third-order valence-corrected chi connectivity index (χ3v) is 6.18. The van der Waals surface area contributed by atoms with Crippen molar-refractivity contribution in [2.45, 2.75) is 32.4 Å². The lowest BCUT2D eigenvalue weighted by Gasteiger charge is -2.23. The molecule has 3 aromatic rings. The number of fused-ring (bicyclic) bond motifs is 1. The zero-order chi connectivity index (χ0) is 21.3. The van der Waals surface area contributed by atoms with Crippen molar-refractivity contribution in [3.63, 3.8) is 0 Å². The molecule has 156 valence electrons. The van der Waals surface area contributed by atoms with E-state index in [0.717, 1.165) is 11.3 Å². The summed E-state index contributed by atoms with van der Waals surface area (Å²) in [4.78, 5) is 40.6. The molecule has 0 radical (unpaired) electrons. The van der Waals surface area contributed by atoms with Gasteiger partial charge in [0.2, 0.25) is 6.10 Å². The maximum atomic E-state index is 13.1. The van der Waals surface area contributed by atoms with Crippen LogP contribution < -0.4 is 5.56 Å². The van der Waals surface area contributed by atoms with Gasteiger partial charge in [0.05, 0.1) is 26.7 Å². The molecule has 3 heterocycles. The zero-order valence-electron chi connectivity index (χ0n) is 16.0. The quantitative estimate of drug-likeness (QED) is 0.591. The van der Waals surface area contributed by atoms with E-state index in [4.69, 9.17) is 28.0 Å². The Balaban J connectivity index is 1.52. The number of H-pyrrole nitrogens is 1. The molecule has 0 spiro atoms. The molecule has 1 aromatic carbocycles. The van der Waals surface area contributed by atoms with Crippen LogP contribution >= 0.6 is 34.5 Å². The Morgan fingerprint density at radius 3 is 2.90 bits per heavy atom. The molecule has 1 amide bonds. The predicted octanol–water partition coefficient (Wildman–Crippen LogP) is 4.22. The van der Waals surface area contributed by atoms with Gasteiger partial charge in [-0.2, -0.15) is 0 Å². The van der Waals surface area contributed by atoms with Gasteiger partial charge in [-0.05, 0) is 36.8 Å². The minimum absolute atomic E-state index is 0.157. The summed E-state index contributed by atoms with van der Waals surface area (Å²) in [7, 11) is 0. The SMILES string of the molecule is CCCN(Cc1nc2cc(Cl)ccc2c(=O)[nH]1)C(=O)C1CC(c2ccc(Cl)s2)=NO1. The van der Waals surface area contributed by atoms with Gasteiger partial charge in [0.1, 0.15) is 11.5 Å². The van der Waals surface area contributed by atoms with Crippen LogP contribution in [-0.4, -0.2) is 39.1 Å². The largest absolute Gasteiger partial charge is 0.382 e. The summed E-state index contributed by atoms with van der Waals surface area (Å²) in [6.45, 7) is 2.63. The van der Waals surface area contributed by atoms with Gasteiger partial charge >= 0.3 is 0 Å². The van der Waals surface area contributed by atoms with Crippen LogP contribution in [-0.2, 0) is 16.2 Å². The molecule has 1 unspecified atom stereocenters. The summed E-state index contributed by atoms with van der Waals surface area (Å²) in [6, 6.07) is 8.55. The first kappa shape index (κ1) is 20.8. The predicted molar refractivity (Wildman–Crippen MR) is 118 cm³/mol. The van der Waals surface area contributed by atoms with Crippen LogP contribution in [0.5, 0.6) is 0 Å². The van der Waals surface area contributed by atoms with Crippen molar-refractivity contribution in [2.24, 2.45) is 5.16 Å². The number of hydrogen-bond donors (Lipinski definition) is 1. The molecule has 7 nitrogen and oxygen atoms in total. The number of oxime groups is 1. The highest BCUT2D eigenvalue weighted by molar-refractivity contribution is 7.18. The van der Waals surface area contributed by atoms with Crippen LogP contribution in [0, 0.1) is 0 Å². The number of nitrogens with one attached hydrogen (secondary N) is 1. The van der Waals surface area contributed by atoms with Crippen LogP contribution in [0.1, 0.15) is 30.5 Å². The lowest BCUT2D eigenvalue weighted by molar-refractivity contribution is -0.142. The summed E-state index contributed by atoms with van der Waals surface area (Å²) >= 11 is 13.4. The van der Waals surface area contributed by atoms with Gasteiger partial charge < -0.3 is 14.7 Å². The van der Waals surface area contributed by atoms with Crippen LogP contribution in [0.15, 0.2) is 40.3 Å². The Kier molecular flexibility index (Phi) is 6.08. The third kappa shape index (κ3) is 4.35. The minimum atomic E-state index is -0.714. The fraction of sp³-hybridized carbons (Fsp3) is 0.300. The highest BCUT2D eigenvalue weighted by atomic mass is 35.5. The summed E-state index contributed by atoms with van der Waals surface area (Å²) in [5, 5.41) is 5.01. The van der Waals surface area contributed by atoms with E-state index in [1.54, 1.807) is 29.2 Å². The molecule has 0 aliphatic carbocycles. The number of hydrogen-bond acceptors (Lipinski definition) is 6. The molecule has 1 aliphatic heterocycles. The number of aromatic nitrogens is 2. The van der Waals surface area contributed by atoms with Crippen molar-refractivity contribution in [3.8, 4) is 0 Å². The van der Waals surface area contributed by atoms with E-state index in [2.05, 4.69) is 15.1 Å². The second-order valence-electron chi connectivity index (χ2n) is 6.87. The fourth-order valence-corrected chi connectivity index (χ4v) is 4.48. The van der Waals surface area contributed by atoms with Crippen molar-refractivity contribution < 1.29 is 9.63 Å². The second kappa shape index (κ2) is 8.75. The molecule has 0 saturated heterocycles. The molecule has 1 N–H and O–H groups in total. The smallest absolute Gasteiger partial charge is 0.267 e. The van der Waals surface area contributed by atoms with E-state index in [1.165, 1.54) is 11.3 Å². The average molecular weight is 465 g/mol. The molecule has 0 fully saturated rings. The number of benzene rings is 1. The van der Waals surface area contributed by atoms with Crippen molar-refractivity contribution >= 4 is 57.1 Å². The van der Waals surface area contributed by atoms with Gasteiger partial charge in [0.25, 0.3) is 11.5 Å². The Labute approximate surface area is 186 Å². The van der Waals surface area contributed by atoms with E-state index in [0.29, 0.717) is 44.8 Å². The Morgan fingerprint density at radius 2 is 2.17 bits per heavy atom. The van der Waals surface area contributed by atoms with Crippen LogP contribution in [0.2, 0.25) is 9.36 Å². The number of carbonyl (C=O) groups is 1. The Bertz CT molecular complexity index is 1190. The maximum Gasteiger partial charge on any atom is 0.267 e. The highest BCUT2D eigenvalue weighted by Crippen LogP contribution is 2.27. The lowest BCUT2D eigenvalue weighted by Crippen LogP contribution is -2.40. The lowest BCUT2D eigenvalue weighted by atomic mass is 10.1. The number of thiophene rings is 1. The summed E-state index contributed by atoms with van der Waals surface area (Å²) in [5.74, 6) is 0.188. The third-order valence-electron chi connectivity index (χ3n) is 4.67. The second-order valence-corrected chi connectivity index (χ2v) is 9.03. The summed E-state index contributed by atoms with van der Waals surface area (Å²) in [5.41, 5.74) is 0.920. The number of nitrogens with zero attached hydrogens (tertiary/aromatic N) is 3. The standard InChI is InChI=1S/C20H18Cl2N4O3S/c1-2-7-26(10-18-23-13-8-11(21)3-4-12(13)19(27)24-18)20(28)15-9-14(25-29-15)16-5-6-17(22)30-16/h3-6,8,15H,2,7,9-10H2,1H3,(H,23,24,27). The van der Waals surface area contributed by atoms with Crippen LogP contribution in [0.3, 0.4) is 0 Å². The van der Waals surface area contributed by atoms with Crippen molar-refractivity contribution in [1.29, 1.82) is 0 Å². The maximum absolute atomic E-state index is 13.1. The van der Waals surface area contributed by atoms with Gasteiger partial charge in [0, 0.05) is 18.0 Å². The monoisotopic (exact) mass is 464 g/mol. The Hall–Kier alpha value is -2.42. The number of rotatable bonds is 6. The number of halogens is 2. The number of carbonyl (C=O) groups excluding carboxylic acids is 1. The summed E-state index contributed by atoms with van der Waals surface area (Å²) < 4.78 is 0.654. The van der Waals surface area contributed by atoms with E-state index < -0.39 is 6.10 Å². The van der Waals surface area contributed by atoms with E-state index in [9.17, 15) is 9.59 Å². The number of amides is 1. The molecule has 10 heteroatoms. The molecule has 2 aromatic heterocycles. The normalized spacial score (nSPS) is 15.8. The Morgan fingerprint density at radius 1 is 1.33 bits per heavy atom. The van der Waals surface area contributed by atoms with Crippen molar-refractivity contribution in [2.75, 3.05) is 6.54 Å². The molecular formula is C20H18Cl2N4O3S. The number of aromatic amines is 1. The molecule has 1 atom stereocenters. The molecule has 4 rings (SSSR count). The molecule has 0 bridgehead atoms. The first-order valence-electron chi connectivity index (χ1n) is 9.40. The van der Waals surface area contributed by atoms with Crippen LogP contribution in [0.4, 0.5) is 0 Å². The zero-order valence-corrected chi connectivity index (χ0v) is 18.4. The first-order valence-corrected chi connectivity index (χ1v) is 11.0. The molecule has 30 heavy (non-hydrogen) atoms. The van der Waals surface area contributed by atoms with Gasteiger partial charge in [0.15, 0.2) is 0 Å². The minimum Gasteiger partial charge on any atom is -0.382 e. The van der Waals surface area contributed by atoms with Gasteiger partial charge in [-0.25, -0.2) is 4.98 Å².